The van der Waals surface area contributed by atoms with Gasteiger partial charge in [-0.05, 0) is 48.0 Å². The largest absolute Gasteiger partial charge is 0.497 e. The van der Waals surface area contributed by atoms with Crippen LogP contribution in [0.25, 0.3) is 0 Å². The molecule has 0 aliphatic carbocycles. The lowest BCUT2D eigenvalue weighted by Gasteiger charge is -2.22. The second-order valence-electron chi connectivity index (χ2n) is 6.83. The SMILES string of the molecule is COc1ccc(S(=O)(=O)N(CC(=O)Nc2cc(Cl)ccc2OC)Cc2ccccc2)cc1. The molecule has 0 unspecified atom stereocenters. The molecule has 0 bridgehead atoms. The van der Waals surface area contributed by atoms with Crippen molar-refractivity contribution in [3.8, 4) is 11.5 Å². The van der Waals surface area contributed by atoms with Gasteiger partial charge in [0, 0.05) is 11.6 Å². The molecule has 0 atom stereocenters. The van der Waals surface area contributed by atoms with E-state index in [2.05, 4.69) is 5.32 Å². The van der Waals surface area contributed by atoms with Crippen molar-refractivity contribution < 1.29 is 22.7 Å². The highest BCUT2D eigenvalue weighted by Gasteiger charge is 2.27. The molecule has 1 amide bonds. The van der Waals surface area contributed by atoms with Crippen LogP contribution in [0.3, 0.4) is 0 Å². The Morgan fingerprint density at radius 3 is 2.28 bits per heavy atom. The van der Waals surface area contributed by atoms with Gasteiger partial charge in [-0.2, -0.15) is 4.31 Å². The van der Waals surface area contributed by atoms with Crippen molar-refractivity contribution in [2.75, 3.05) is 26.1 Å². The number of hydrogen-bond donors (Lipinski definition) is 1. The Morgan fingerprint density at radius 2 is 1.66 bits per heavy atom. The molecular formula is C23H23ClN2O5S. The standard InChI is InChI=1S/C23H23ClN2O5S/c1-30-19-9-11-20(12-10-19)32(28,29)26(15-17-6-4-3-5-7-17)16-23(27)25-21-14-18(24)8-13-22(21)31-2/h3-14H,15-16H2,1-2H3,(H,25,27). The van der Waals surface area contributed by atoms with Crippen LogP contribution in [0.15, 0.2) is 77.7 Å². The van der Waals surface area contributed by atoms with Crippen molar-refractivity contribution in [2.24, 2.45) is 0 Å². The van der Waals surface area contributed by atoms with Crippen LogP contribution in [0, 0.1) is 0 Å². The van der Waals surface area contributed by atoms with Gasteiger partial charge < -0.3 is 14.8 Å². The Kier molecular flexibility index (Phi) is 7.74. The molecule has 0 aromatic heterocycles. The minimum Gasteiger partial charge on any atom is -0.497 e. The van der Waals surface area contributed by atoms with Gasteiger partial charge in [0.25, 0.3) is 0 Å². The third-order valence-corrected chi connectivity index (χ3v) is 6.70. The Balaban J connectivity index is 1.88. The van der Waals surface area contributed by atoms with Crippen LogP contribution in [0.5, 0.6) is 11.5 Å². The number of ether oxygens (including phenoxy) is 2. The zero-order valence-corrected chi connectivity index (χ0v) is 19.2. The number of carbonyl (C=O) groups is 1. The number of anilines is 1. The summed E-state index contributed by atoms with van der Waals surface area (Å²) in [4.78, 5) is 12.9. The first-order chi connectivity index (χ1) is 15.3. The smallest absolute Gasteiger partial charge is 0.243 e. The number of carbonyl (C=O) groups excluding carboxylic acids is 1. The summed E-state index contributed by atoms with van der Waals surface area (Å²) in [6.07, 6.45) is 0. The highest BCUT2D eigenvalue weighted by molar-refractivity contribution is 7.89. The summed E-state index contributed by atoms with van der Waals surface area (Å²) < 4.78 is 38.2. The fourth-order valence-corrected chi connectivity index (χ4v) is 4.59. The van der Waals surface area contributed by atoms with Crippen LogP contribution in [0.2, 0.25) is 5.02 Å². The van der Waals surface area contributed by atoms with Crippen molar-refractivity contribution in [2.45, 2.75) is 11.4 Å². The highest BCUT2D eigenvalue weighted by atomic mass is 35.5. The maximum absolute atomic E-state index is 13.4. The van der Waals surface area contributed by atoms with E-state index in [4.69, 9.17) is 21.1 Å². The Morgan fingerprint density at radius 1 is 0.969 bits per heavy atom. The zero-order chi connectivity index (χ0) is 23.1. The van der Waals surface area contributed by atoms with Crippen molar-refractivity contribution in [3.05, 3.63) is 83.4 Å². The Labute approximate surface area is 192 Å². The van der Waals surface area contributed by atoms with Gasteiger partial charge in [0.1, 0.15) is 11.5 Å². The van der Waals surface area contributed by atoms with Crippen LogP contribution < -0.4 is 14.8 Å². The van der Waals surface area contributed by atoms with Gasteiger partial charge >= 0.3 is 0 Å². The number of halogens is 1. The molecule has 3 rings (SSSR count). The third-order valence-electron chi connectivity index (χ3n) is 4.65. The zero-order valence-electron chi connectivity index (χ0n) is 17.6. The van der Waals surface area contributed by atoms with Gasteiger partial charge in [0.2, 0.25) is 15.9 Å². The molecule has 1 N–H and O–H groups in total. The van der Waals surface area contributed by atoms with Crippen LogP contribution >= 0.6 is 11.6 Å². The Bertz CT molecular complexity index is 1170. The lowest BCUT2D eigenvalue weighted by molar-refractivity contribution is -0.116. The van der Waals surface area contributed by atoms with Gasteiger partial charge in [-0.15, -0.1) is 0 Å². The van der Waals surface area contributed by atoms with Gasteiger partial charge in [0.05, 0.1) is 31.3 Å². The van der Waals surface area contributed by atoms with Crippen molar-refractivity contribution in [1.82, 2.24) is 4.31 Å². The maximum Gasteiger partial charge on any atom is 0.243 e. The second kappa shape index (κ2) is 10.5. The summed E-state index contributed by atoms with van der Waals surface area (Å²) in [6, 6.07) is 19.9. The monoisotopic (exact) mass is 474 g/mol. The molecule has 32 heavy (non-hydrogen) atoms. The quantitative estimate of drug-likeness (QED) is 0.502. The van der Waals surface area contributed by atoms with E-state index >= 15 is 0 Å². The fraction of sp³-hybridized carbons (Fsp3) is 0.174. The van der Waals surface area contributed by atoms with E-state index < -0.39 is 22.5 Å². The number of rotatable bonds is 9. The molecule has 9 heteroatoms. The number of hydrogen-bond acceptors (Lipinski definition) is 5. The first-order valence-corrected chi connectivity index (χ1v) is 11.5. The number of sulfonamides is 1. The van der Waals surface area contributed by atoms with Crippen molar-refractivity contribution in [1.29, 1.82) is 0 Å². The summed E-state index contributed by atoms with van der Waals surface area (Å²) in [5.41, 5.74) is 1.10. The van der Waals surface area contributed by atoms with Crippen LogP contribution in [-0.4, -0.2) is 39.4 Å². The maximum atomic E-state index is 13.4. The summed E-state index contributed by atoms with van der Waals surface area (Å²) in [7, 11) is -1.01. The van der Waals surface area contributed by atoms with E-state index in [9.17, 15) is 13.2 Å². The number of amides is 1. The predicted octanol–water partition coefficient (Wildman–Crippen LogP) is 4.19. The molecular weight excluding hydrogens is 452 g/mol. The first-order valence-electron chi connectivity index (χ1n) is 9.65. The summed E-state index contributed by atoms with van der Waals surface area (Å²) >= 11 is 6.02. The summed E-state index contributed by atoms with van der Waals surface area (Å²) in [5.74, 6) is 0.415. The molecule has 168 valence electrons. The number of nitrogens with zero attached hydrogens (tertiary/aromatic N) is 1. The minimum absolute atomic E-state index is 0.0231. The molecule has 0 aliphatic heterocycles. The molecule has 3 aromatic carbocycles. The molecule has 0 radical (unpaired) electrons. The molecule has 0 spiro atoms. The molecule has 0 fully saturated rings. The minimum atomic E-state index is -3.98. The third kappa shape index (κ3) is 5.79. The number of methoxy groups -OCH3 is 2. The van der Waals surface area contributed by atoms with Gasteiger partial charge in [0.15, 0.2) is 0 Å². The molecule has 0 saturated heterocycles. The topological polar surface area (TPSA) is 84.9 Å². The van der Waals surface area contributed by atoms with Crippen LogP contribution in [-0.2, 0) is 21.4 Å². The van der Waals surface area contributed by atoms with Gasteiger partial charge in [-0.25, -0.2) is 8.42 Å². The van der Waals surface area contributed by atoms with E-state index in [1.807, 2.05) is 18.2 Å². The summed E-state index contributed by atoms with van der Waals surface area (Å²) in [5, 5.41) is 3.10. The first kappa shape index (κ1) is 23.6. The number of benzene rings is 3. The fourth-order valence-electron chi connectivity index (χ4n) is 3.04. The molecule has 0 saturated carbocycles. The second-order valence-corrected chi connectivity index (χ2v) is 9.20. The highest BCUT2D eigenvalue weighted by Crippen LogP contribution is 2.28. The van der Waals surface area contributed by atoms with Gasteiger partial charge in [-0.3, -0.25) is 4.79 Å². The average Bonchev–Trinajstić information content (AvgIpc) is 2.79. The van der Waals surface area contributed by atoms with E-state index in [1.165, 1.54) is 32.4 Å². The molecule has 0 aliphatic rings. The van der Waals surface area contributed by atoms with Gasteiger partial charge in [-0.1, -0.05) is 41.9 Å². The van der Waals surface area contributed by atoms with Crippen LogP contribution in [0.1, 0.15) is 5.56 Å². The van der Waals surface area contributed by atoms with Crippen molar-refractivity contribution in [3.63, 3.8) is 0 Å². The predicted molar refractivity (Wildman–Crippen MR) is 124 cm³/mol. The lowest BCUT2D eigenvalue weighted by atomic mass is 10.2. The van der Waals surface area contributed by atoms with E-state index in [-0.39, 0.29) is 11.4 Å². The Hall–Kier alpha value is -3.07. The van der Waals surface area contributed by atoms with Crippen molar-refractivity contribution >= 4 is 33.2 Å². The molecule has 3 aromatic rings. The molecule has 7 nitrogen and oxygen atoms in total. The number of nitrogens with one attached hydrogen (secondary N) is 1. The average molecular weight is 475 g/mol. The van der Waals surface area contributed by atoms with Crippen LogP contribution in [0.4, 0.5) is 5.69 Å². The van der Waals surface area contributed by atoms with E-state index in [1.54, 1.807) is 36.4 Å². The van der Waals surface area contributed by atoms with E-state index in [0.717, 1.165) is 9.87 Å². The van der Waals surface area contributed by atoms with E-state index in [0.29, 0.717) is 22.2 Å². The summed E-state index contributed by atoms with van der Waals surface area (Å²) in [6.45, 7) is -0.381. The molecule has 0 heterocycles. The lowest BCUT2D eigenvalue weighted by Crippen LogP contribution is -2.37. The normalized spacial score (nSPS) is 11.2.